The number of hydrogen-bond acceptors (Lipinski definition) is 2. The van der Waals surface area contributed by atoms with Gasteiger partial charge >= 0.3 is 0 Å². The van der Waals surface area contributed by atoms with Crippen molar-refractivity contribution in [2.75, 3.05) is 0 Å². The first kappa shape index (κ1) is 10.8. The second-order valence-corrected chi connectivity index (χ2v) is 5.18. The standard InChI is InChI=1S/C14H19N3/c1-3-17-12-7-5-4-6-11(12)16-13(17)10-15-14(2)8-9-14/h4-7,15H,3,8-10H2,1-2H3. The van der Waals surface area contributed by atoms with Crippen LogP contribution in [0.15, 0.2) is 24.3 Å². The van der Waals surface area contributed by atoms with Gasteiger partial charge in [-0.2, -0.15) is 0 Å². The van der Waals surface area contributed by atoms with Crippen LogP contribution in [0.2, 0.25) is 0 Å². The molecule has 0 bridgehead atoms. The molecule has 3 nitrogen and oxygen atoms in total. The minimum Gasteiger partial charge on any atom is -0.327 e. The maximum atomic E-state index is 4.71. The van der Waals surface area contributed by atoms with E-state index in [1.165, 1.54) is 18.4 Å². The molecule has 0 atom stereocenters. The summed E-state index contributed by atoms with van der Waals surface area (Å²) < 4.78 is 2.30. The quantitative estimate of drug-likeness (QED) is 0.873. The van der Waals surface area contributed by atoms with Crippen LogP contribution in [0.5, 0.6) is 0 Å². The van der Waals surface area contributed by atoms with Crippen LogP contribution in [0.1, 0.15) is 32.5 Å². The molecule has 3 rings (SSSR count). The first-order chi connectivity index (χ1) is 8.22. The van der Waals surface area contributed by atoms with Crippen LogP contribution in [-0.4, -0.2) is 15.1 Å². The Kier molecular flexibility index (Phi) is 2.44. The van der Waals surface area contributed by atoms with E-state index in [0.717, 1.165) is 24.4 Å². The van der Waals surface area contributed by atoms with Gasteiger partial charge in [0, 0.05) is 12.1 Å². The number of rotatable bonds is 4. The number of para-hydroxylation sites is 2. The van der Waals surface area contributed by atoms with Gasteiger partial charge in [-0.25, -0.2) is 4.98 Å². The molecule has 0 saturated heterocycles. The van der Waals surface area contributed by atoms with E-state index in [1.54, 1.807) is 0 Å². The van der Waals surface area contributed by atoms with Crippen molar-refractivity contribution < 1.29 is 0 Å². The number of aromatic nitrogens is 2. The summed E-state index contributed by atoms with van der Waals surface area (Å²) in [5, 5.41) is 3.60. The smallest absolute Gasteiger partial charge is 0.123 e. The van der Waals surface area contributed by atoms with Gasteiger partial charge in [0.2, 0.25) is 0 Å². The molecule has 1 aromatic heterocycles. The Morgan fingerprint density at radius 1 is 1.35 bits per heavy atom. The second kappa shape index (κ2) is 3.84. The number of fused-ring (bicyclic) bond motifs is 1. The third-order valence-corrected chi connectivity index (χ3v) is 3.72. The highest BCUT2D eigenvalue weighted by molar-refractivity contribution is 5.75. The molecule has 1 aliphatic carbocycles. The van der Waals surface area contributed by atoms with Gasteiger partial charge in [-0.05, 0) is 38.8 Å². The molecule has 0 radical (unpaired) electrons. The predicted molar refractivity (Wildman–Crippen MR) is 69.9 cm³/mol. The fourth-order valence-corrected chi connectivity index (χ4v) is 2.27. The van der Waals surface area contributed by atoms with E-state index in [1.807, 2.05) is 0 Å². The highest BCUT2D eigenvalue weighted by Crippen LogP contribution is 2.34. The second-order valence-electron chi connectivity index (χ2n) is 5.18. The molecule has 17 heavy (non-hydrogen) atoms. The molecule has 0 amide bonds. The van der Waals surface area contributed by atoms with Crippen molar-refractivity contribution >= 4 is 11.0 Å². The van der Waals surface area contributed by atoms with Crippen molar-refractivity contribution in [3.63, 3.8) is 0 Å². The van der Waals surface area contributed by atoms with Crippen molar-refractivity contribution in [3.8, 4) is 0 Å². The molecule has 1 heterocycles. The fraction of sp³-hybridized carbons (Fsp3) is 0.500. The Bertz CT molecular complexity index is 537. The minimum atomic E-state index is 0.372. The van der Waals surface area contributed by atoms with Crippen LogP contribution in [0.3, 0.4) is 0 Å². The van der Waals surface area contributed by atoms with Crippen LogP contribution in [0.25, 0.3) is 11.0 Å². The van der Waals surface area contributed by atoms with E-state index in [9.17, 15) is 0 Å². The lowest BCUT2D eigenvalue weighted by Gasteiger charge is -2.12. The number of nitrogens with one attached hydrogen (secondary N) is 1. The van der Waals surface area contributed by atoms with Gasteiger partial charge in [-0.1, -0.05) is 12.1 Å². The molecule has 0 spiro atoms. The Hall–Kier alpha value is -1.35. The van der Waals surface area contributed by atoms with Gasteiger partial charge in [0.15, 0.2) is 0 Å². The Morgan fingerprint density at radius 3 is 2.82 bits per heavy atom. The number of hydrogen-bond donors (Lipinski definition) is 1. The summed E-state index contributed by atoms with van der Waals surface area (Å²) >= 11 is 0. The van der Waals surface area contributed by atoms with Crippen molar-refractivity contribution in [3.05, 3.63) is 30.1 Å². The first-order valence-electron chi connectivity index (χ1n) is 6.41. The molecule has 1 N–H and O–H groups in total. The van der Waals surface area contributed by atoms with Gasteiger partial charge in [-0.3, -0.25) is 0 Å². The van der Waals surface area contributed by atoms with Crippen LogP contribution in [0.4, 0.5) is 0 Å². The number of nitrogens with zero attached hydrogens (tertiary/aromatic N) is 2. The minimum absolute atomic E-state index is 0.372. The summed E-state index contributed by atoms with van der Waals surface area (Å²) in [5.41, 5.74) is 2.72. The zero-order valence-corrected chi connectivity index (χ0v) is 10.5. The van der Waals surface area contributed by atoms with E-state index in [0.29, 0.717) is 5.54 Å². The highest BCUT2D eigenvalue weighted by Gasteiger charge is 2.36. The normalized spacial score (nSPS) is 17.5. The molecular weight excluding hydrogens is 210 g/mol. The number of aryl methyl sites for hydroxylation is 1. The zero-order chi connectivity index (χ0) is 11.9. The fourth-order valence-electron chi connectivity index (χ4n) is 2.27. The first-order valence-corrected chi connectivity index (χ1v) is 6.41. The van der Waals surface area contributed by atoms with Crippen LogP contribution >= 0.6 is 0 Å². The average molecular weight is 229 g/mol. The molecule has 3 heteroatoms. The maximum absolute atomic E-state index is 4.71. The number of benzene rings is 1. The van der Waals surface area contributed by atoms with Crippen molar-refractivity contribution in [2.24, 2.45) is 0 Å². The molecule has 1 saturated carbocycles. The molecular formula is C14H19N3. The van der Waals surface area contributed by atoms with E-state index >= 15 is 0 Å². The van der Waals surface area contributed by atoms with Gasteiger partial charge in [0.05, 0.1) is 17.6 Å². The van der Waals surface area contributed by atoms with E-state index in [2.05, 4.69) is 48.0 Å². The Labute approximate surface area is 102 Å². The SMILES string of the molecule is CCn1c(CNC2(C)CC2)nc2ccccc21. The molecule has 1 aromatic carbocycles. The van der Waals surface area contributed by atoms with Gasteiger partial charge in [0.25, 0.3) is 0 Å². The lowest BCUT2D eigenvalue weighted by atomic mass is 10.3. The molecule has 2 aromatic rings. The van der Waals surface area contributed by atoms with Gasteiger partial charge in [-0.15, -0.1) is 0 Å². The van der Waals surface area contributed by atoms with Crippen molar-refractivity contribution in [1.82, 2.24) is 14.9 Å². The van der Waals surface area contributed by atoms with E-state index < -0.39 is 0 Å². The topological polar surface area (TPSA) is 29.9 Å². The van der Waals surface area contributed by atoms with Crippen LogP contribution in [0, 0.1) is 0 Å². The van der Waals surface area contributed by atoms with Crippen molar-refractivity contribution in [2.45, 2.75) is 45.3 Å². The van der Waals surface area contributed by atoms with E-state index in [-0.39, 0.29) is 0 Å². The molecule has 0 unspecified atom stereocenters. The molecule has 1 aliphatic rings. The monoisotopic (exact) mass is 229 g/mol. The molecule has 1 fully saturated rings. The lowest BCUT2D eigenvalue weighted by Crippen LogP contribution is -2.28. The lowest BCUT2D eigenvalue weighted by molar-refractivity contribution is 0.513. The summed E-state index contributed by atoms with van der Waals surface area (Å²) in [6.07, 6.45) is 2.58. The highest BCUT2D eigenvalue weighted by atomic mass is 15.1. The molecule has 0 aliphatic heterocycles. The summed E-state index contributed by atoms with van der Waals surface area (Å²) in [6.45, 7) is 6.32. The summed E-state index contributed by atoms with van der Waals surface area (Å²) in [7, 11) is 0. The Morgan fingerprint density at radius 2 is 2.12 bits per heavy atom. The predicted octanol–water partition coefficient (Wildman–Crippen LogP) is 2.70. The van der Waals surface area contributed by atoms with E-state index in [4.69, 9.17) is 4.98 Å². The zero-order valence-electron chi connectivity index (χ0n) is 10.5. The molecule has 90 valence electrons. The summed E-state index contributed by atoms with van der Waals surface area (Å²) in [4.78, 5) is 4.71. The third-order valence-electron chi connectivity index (χ3n) is 3.72. The van der Waals surface area contributed by atoms with Crippen LogP contribution in [-0.2, 0) is 13.1 Å². The van der Waals surface area contributed by atoms with Gasteiger partial charge in [0.1, 0.15) is 5.82 Å². The summed E-state index contributed by atoms with van der Waals surface area (Å²) in [5.74, 6) is 1.15. The van der Waals surface area contributed by atoms with Gasteiger partial charge < -0.3 is 9.88 Å². The summed E-state index contributed by atoms with van der Waals surface area (Å²) in [6, 6.07) is 8.36. The average Bonchev–Trinajstić information content (AvgIpc) is 2.96. The van der Waals surface area contributed by atoms with Crippen LogP contribution < -0.4 is 5.32 Å². The largest absolute Gasteiger partial charge is 0.327 e. The van der Waals surface area contributed by atoms with Crippen molar-refractivity contribution in [1.29, 1.82) is 0 Å². The Balaban J connectivity index is 1.91. The number of imidazole rings is 1. The maximum Gasteiger partial charge on any atom is 0.123 e. The third kappa shape index (κ3) is 1.95.